The molecule has 0 spiro atoms. The van der Waals surface area contributed by atoms with Crippen LogP contribution in [0.15, 0.2) is 14.1 Å². The third kappa shape index (κ3) is 2.61. The van der Waals surface area contributed by atoms with E-state index in [2.05, 4.69) is 27.6 Å². The van der Waals surface area contributed by atoms with Crippen LogP contribution in [0.5, 0.6) is 0 Å². The lowest BCUT2D eigenvalue weighted by Crippen LogP contribution is -2.26. The number of nitrogens with one attached hydrogen (secondary N) is 1. The third-order valence-electron chi connectivity index (χ3n) is 2.64. The molecule has 1 aliphatic rings. The highest BCUT2D eigenvalue weighted by molar-refractivity contribution is 9.11. The van der Waals surface area contributed by atoms with Gasteiger partial charge in [-0.25, -0.2) is 13.1 Å². The van der Waals surface area contributed by atoms with E-state index in [1.54, 1.807) is 0 Å². The van der Waals surface area contributed by atoms with Gasteiger partial charge in [0, 0.05) is 6.04 Å². The van der Waals surface area contributed by atoms with Gasteiger partial charge in [-0.1, -0.05) is 24.9 Å². The number of hydrogen-bond donors (Lipinski definition) is 1. The molecule has 1 aromatic heterocycles. The van der Waals surface area contributed by atoms with Crippen LogP contribution in [-0.2, 0) is 10.0 Å². The van der Waals surface area contributed by atoms with E-state index in [1.807, 2.05) is 0 Å². The van der Waals surface area contributed by atoms with Gasteiger partial charge in [0.05, 0.1) is 8.81 Å². The van der Waals surface area contributed by atoms with Crippen LogP contribution in [0.4, 0.5) is 0 Å². The maximum atomic E-state index is 11.9. The Balaban J connectivity index is 2.13. The van der Waals surface area contributed by atoms with E-state index in [4.69, 9.17) is 11.6 Å². The Morgan fingerprint density at radius 3 is 2.81 bits per heavy atom. The summed E-state index contributed by atoms with van der Waals surface area (Å²) in [5.41, 5.74) is 0. The normalized spacial score (nSPS) is 24.7. The van der Waals surface area contributed by atoms with E-state index < -0.39 is 10.0 Å². The van der Waals surface area contributed by atoms with Gasteiger partial charge in [0.15, 0.2) is 0 Å². The number of sulfonamides is 1. The van der Waals surface area contributed by atoms with Gasteiger partial charge in [0.2, 0.25) is 10.0 Å². The molecule has 16 heavy (non-hydrogen) atoms. The predicted octanol–water partition coefficient (Wildman–Crippen LogP) is 3.24. The maximum absolute atomic E-state index is 11.9. The first kappa shape index (κ1) is 12.8. The highest BCUT2D eigenvalue weighted by Crippen LogP contribution is 2.37. The van der Waals surface area contributed by atoms with Crippen molar-refractivity contribution in [1.29, 1.82) is 0 Å². The first-order valence-corrected chi connectivity index (χ1v) is 8.38. The summed E-state index contributed by atoms with van der Waals surface area (Å²) in [6.45, 7) is 2.07. The van der Waals surface area contributed by atoms with Crippen LogP contribution in [0.3, 0.4) is 0 Å². The smallest absolute Gasteiger partial charge is 0.207 e. The number of hydrogen-bond acceptors (Lipinski definition) is 3. The van der Waals surface area contributed by atoms with E-state index in [9.17, 15) is 8.42 Å². The molecular weight excluding hydrogens is 334 g/mol. The van der Waals surface area contributed by atoms with E-state index in [0.717, 1.165) is 24.2 Å². The van der Waals surface area contributed by atoms with Crippen LogP contribution in [0.1, 0.15) is 19.8 Å². The summed E-state index contributed by atoms with van der Waals surface area (Å²) >= 11 is 10.2. The Hall–Kier alpha value is 0.380. The second-order valence-electron chi connectivity index (χ2n) is 3.82. The van der Waals surface area contributed by atoms with Crippen molar-refractivity contribution in [1.82, 2.24) is 4.72 Å². The zero-order chi connectivity index (χ0) is 11.9. The standard InChI is InChI=1S/C9H11BrClNO2S2/c1-2-5-3-7(5)12-16(13,14)8-4-6(11)9(10)15-8/h4-5,7,12H,2-3H2,1H3. The maximum Gasteiger partial charge on any atom is 0.250 e. The van der Waals surface area contributed by atoms with Gasteiger partial charge in [-0.3, -0.25) is 0 Å². The zero-order valence-electron chi connectivity index (χ0n) is 8.54. The molecule has 1 heterocycles. The van der Waals surface area contributed by atoms with E-state index >= 15 is 0 Å². The Labute approximate surface area is 112 Å². The minimum absolute atomic E-state index is 0.106. The largest absolute Gasteiger partial charge is 0.250 e. The molecule has 0 aromatic carbocycles. The molecule has 0 bridgehead atoms. The highest BCUT2D eigenvalue weighted by atomic mass is 79.9. The first-order chi connectivity index (χ1) is 7.44. The molecule has 1 aromatic rings. The fraction of sp³-hybridized carbons (Fsp3) is 0.556. The molecule has 3 nitrogen and oxygen atoms in total. The summed E-state index contributed by atoms with van der Waals surface area (Å²) in [5.74, 6) is 0.494. The lowest BCUT2D eigenvalue weighted by molar-refractivity contribution is 0.578. The highest BCUT2D eigenvalue weighted by Gasteiger charge is 2.39. The molecule has 0 amide bonds. The summed E-state index contributed by atoms with van der Waals surface area (Å²) in [7, 11) is -3.39. The first-order valence-electron chi connectivity index (χ1n) is 4.91. The van der Waals surface area contributed by atoms with Gasteiger partial charge >= 0.3 is 0 Å². The van der Waals surface area contributed by atoms with E-state index in [1.165, 1.54) is 6.07 Å². The van der Waals surface area contributed by atoms with Crippen molar-refractivity contribution < 1.29 is 8.42 Å². The molecular formula is C9H11BrClNO2S2. The zero-order valence-corrected chi connectivity index (χ0v) is 12.5. The molecule has 0 radical (unpaired) electrons. The average Bonchev–Trinajstić information content (AvgIpc) is 2.85. The average molecular weight is 345 g/mol. The lowest BCUT2D eigenvalue weighted by atomic mass is 10.3. The SMILES string of the molecule is CCC1CC1NS(=O)(=O)c1cc(Cl)c(Br)s1. The summed E-state index contributed by atoms with van der Waals surface area (Å²) in [4.78, 5) is 0. The van der Waals surface area contributed by atoms with Crippen LogP contribution in [0.25, 0.3) is 0 Å². The van der Waals surface area contributed by atoms with Crippen LogP contribution >= 0.6 is 38.9 Å². The second-order valence-corrected chi connectivity index (χ2v) is 8.54. The van der Waals surface area contributed by atoms with Gasteiger partial charge in [0.25, 0.3) is 0 Å². The van der Waals surface area contributed by atoms with Crippen LogP contribution in [0.2, 0.25) is 5.02 Å². The van der Waals surface area contributed by atoms with Crippen molar-refractivity contribution in [2.75, 3.05) is 0 Å². The molecule has 1 N–H and O–H groups in total. The van der Waals surface area contributed by atoms with Crippen molar-refractivity contribution in [3.05, 3.63) is 14.9 Å². The molecule has 7 heteroatoms. The van der Waals surface area contributed by atoms with Gasteiger partial charge < -0.3 is 0 Å². The van der Waals surface area contributed by atoms with E-state index in [-0.39, 0.29) is 10.3 Å². The van der Waals surface area contributed by atoms with Crippen LogP contribution in [0, 0.1) is 5.92 Å². The Kier molecular flexibility index (Phi) is 3.66. The summed E-state index contributed by atoms with van der Waals surface area (Å²) < 4.78 is 27.5. The third-order valence-corrected chi connectivity index (χ3v) is 7.08. The lowest BCUT2D eigenvalue weighted by Gasteiger charge is -2.02. The summed E-state index contributed by atoms with van der Waals surface area (Å²) in [6, 6.07) is 1.58. The quantitative estimate of drug-likeness (QED) is 0.911. The topological polar surface area (TPSA) is 46.2 Å². The number of thiophene rings is 1. The minimum Gasteiger partial charge on any atom is -0.207 e. The predicted molar refractivity (Wildman–Crippen MR) is 69.5 cm³/mol. The molecule has 2 rings (SSSR count). The molecule has 1 saturated carbocycles. The van der Waals surface area contributed by atoms with Crippen molar-refractivity contribution in [3.63, 3.8) is 0 Å². The fourth-order valence-corrected chi connectivity index (χ4v) is 5.29. The Morgan fingerprint density at radius 1 is 1.69 bits per heavy atom. The Bertz CT molecular complexity index is 480. The molecule has 1 aliphatic carbocycles. The second kappa shape index (κ2) is 4.57. The molecule has 90 valence electrons. The van der Waals surface area contributed by atoms with Crippen molar-refractivity contribution >= 4 is 48.9 Å². The summed E-state index contributed by atoms with van der Waals surface area (Å²) in [5, 5.41) is 0.438. The molecule has 1 fully saturated rings. The van der Waals surface area contributed by atoms with E-state index in [0.29, 0.717) is 14.7 Å². The van der Waals surface area contributed by atoms with Crippen molar-refractivity contribution in [2.45, 2.75) is 30.0 Å². The molecule has 2 atom stereocenters. The van der Waals surface area contributed by atoms with Gasteiger partial charge in [-0.05, 0) is 34.3 Å². The van der Waals surface area contributed by atoms with Crippen LogP contribution < -0.4 is 4.72 Å². The van der Waals surface area contributed by atoms with Crippen molar-refractivity contribution in [3.8, 4) is 0 Å². The summed E-state index contributed by atoms with van der Waals surface area (Å²) in [6.07, 6.45) is 1.96. The Morgan fingerprint density at radius 2 is 2.38 bits per heavy atom. The number of rotatable bonds is 4. The molecule has 0 aliphatic heterocycles. The van der Waals surface area contributed by atoms with Crippen LogP contribution in [-0.4, -0.2) is 14.5 Å². The molecule has 2 unspecified atom stereocenters. The monoisotopic (exact) mass is 343 g/mol. The van der Waals surface area contributed by atoms with Crippen molar-refractivity contribution in [2.24, 2.45) is 5.92 Å². The van der Waals surface area contributed by atoms with Gasteiger partial charge in [0.1, 0.15) is 4.21 Å². The van der Waals surface area contributed by atoms with Gasteiger partial charge in [-0.2, -0.15) is 0 Å². The minimum atomic E-state index is -3.39. The fourth-order valence-electron chi connectivity index (χ4n) is 1.56. The molecule has 0 saturated heterocycles. The van der Waals surface area contributed by atoms with Gasteiger partial charge in [-0.15, -0.1) is 11.3 Å². The number of halogens is 2.